The van der Waals surface area contributed by atoms with E-state index in [4.69, 9.17) is 11.6 Å². The van der Waals surface area contributed by atoms with Crippen molar-refractivity contribution in [3.05, 3.63) is 58.4 Å². The minimum Gasteiger partial charge on any atom is -0.280 e. The van der Waals surface area contributed by atoms with E-state index < -0.39 is 54.8 Å². The number of hydrogen-bond acceptors (Lipinski definition) is 2. The van der Waals surface area contributed by atoms with Gasteiger partial charge in [-0.15, -0.1) is 0 Å². The average Bonchev–Trinajstić information content (AvgIpc) is 2.45. The topological polar surface area (TPSA) is 46.2 Å². The second-order valence-corrected chi connectivity index (χ2v) is 6.53. The lowest BCUT2D eigenvalue weighted by Gasteiger charge is -2.13. The molecule has 3 nitrogen and oxygen atoms in total. The van der Waals surface area contributed by atoms with Gasteiger partial charge in [-0.1, -0.05) is 11.6 Å². The first-order valence-electron chi connectivity index (χ1n) is 5.96. The molecule has 0 aliphatic heterocycles. The van der Waals surface area contributed by atoms with Gasteiger partial charge in [-0.25, -0.2) is 21.6 Å². The Morgan fingerprint density at radius 2 is 1.58 bits per heavy atom. The van der Waals surface area contributed by atoms with Gasteiger partial charge in [0.25, 0.3) is 10.0 Å². The van der Waals surface area contributed by atoms with Gasteiger partial charge in [0.15, 0.2) is 17.5 Å². The fourth-order valence-corrected chi connectivity index (χ4v) is 3.08. The van der Waals surface area contributed by atoms with Crippen LogP contribution in [0.4, 0.5) is 32.0 Å². The molecular formula is C13H6ClF6NO2S. The number of hydrogen-bond donors (Lipinski definition) is 1. The molecule has 0 fully saturated rings. The smallest absolute Gasteiger partial charge is 0.280 e. The molecule has 0 saturated heterocycles. The summed E-state index contributed by atoms with van der Waals surface area (Å²) in [4.78, 5) is -1.26. The third kappa shape index (κ3) is 3.59. The summed E-state index contributed by atoms with van der Waals surface area (Å²) in [5.41, 5.74) is -1.91. The van der Waals surface area contributed by atoms with E-state index in [1.807, 2.05) is 0 Å². The van der Waals surface area contributed by atoms with Crippen molar-refractivity contribution in [3.8, 4) is 0 Å². The zero-order chi connectivity index (χ0) is 18.3. The molecule has 2 rings (SSSR count). The Morgan fingerprint density at radius 3 is 2.17 bits per heavy atom. The zero-order valence-corrected chi connectivity index (χ0v) is 12.8. The lowest BCUT2D eigenvalue weighted by atomic mass is 10.2. The maximum atomic E-state index is 13.6. The number of nitrogens with one attached hydrogen (secondary N) is 1. The Labute approximate surface area is 136 Å². The SMILES string of the molecule is O=S(=O)(Nc1ccc(Cl)c(C(F)(F)F)c1)c1ccc(F)c(F)c1F. The monoisotopic (exact) mass is 389 g/mol. The number of benzene rings is 2. The summed E-state index contributed by atoms with van der Waals surface area (Å²) >= 11 is 5.38. The van der Waals surface area contributed by atoms with Crippen LogP contribution in [0.25, 0.3) is 0 Å². The standard InChI is InChI=1S/C13H6ClF6NO2S/c14-8-2-1-6(5-7(8)13(18,19)20)21-24(22,23)10-4-3-9(15)11(16)12(10)17/h1-5,21H. The van der Waals surface area contributed by atoms with Gasteiger partial charge < -0.3 is 0 Å². The van der Waals surface area contributed by atoms with Crippen LogP contribution in [0, 0.1) is 17.5 Å². The summed E-state index contributed by atoms with van der Waals surface area (Å²) in [6.45, 7) is 0. The molecule has 0 unspecified atom stereocenters. The minimum atomic E-state index is -4.86. The lowest BCUT2D eigenvalue weighted by Crippen LogP contribution is -2.16. The highest BCUT2D eigenvalue weighted by molar-refractivity contribution is 7.92. The fourth-order valence-electron chi connectivity index (χ4n) is 1.73. The highest BCUT2D eigenvalue weighted by Gasteiger charge is 2.34. The lowest BCUT2D eigenvalue weighted by molar-refractivity contribution is -0.137. The summed E-state index contributed by atoms with van der Waals surface area (Å²) in [6.07, 6.45) is -4.86. The van der Waals surface area contributed by atoms with E-state index in [9.17, 15) is 34.8 Å². The first kappa shape index (κ1) is 18.4. The Hall–Kier alpha value is -1.94. The number of rotatable bonds is 3. The molecule has 0 aromatic heterocycles. The van der Waals surface area contributed by atoms with Crippen LogP contribution in [-0.4, -0.2) is 8.42 Å². The van der Waals surface area contributed by atoms with Crippen molar-refractivity contribution >= 4 is 27.3 Å². The molecule has 0 aliphatic rings. The molecule has 0 heterocycles. The quantitative estimate of drug-likeness (QED) is 0.617. The van der Waals surface area contributed by atoms with Crippen molar-refractivity contribution in [1.29, 1.82) is 0 Å². The van der Waals surface area contributed by atoms with Crippen molar-refractivity contribution < 1.29 is 34.8 Å². The summed E-state index contributed by atoms with van der Waals surface area (Å²) < 4.78 is 103. The van der Waals surface area contributed by atoms with Gasteiger partial charge >= 0.3 is 6.18 Å². The number of sulfonamides is 1. The number of alkyl halides is 3. The van der Waals surface area contributed by atoms with Crippen LogP contribution in [0.2, 0.25) is 5.02 Å². The number of halogens is 7. The predicted molar refractivity (Wildman–Crippen MR) is 73.6 cm³/mol. The van der Waals surface area contributed by atoms with E-state index in [1.165, 1.54) is 0 Å². The van der Waals surface area contributed by atoms with Crippen LogP contribution in [0.1, 0.15) is 5.56 Å². The van der Waals surface area contributed by atoms with E-state index in [2.05, 4.69) is 0 Å². The van der Waals surface area contributed by atoms with Gasteiger partial charge in [0.05, 0.1) is 10.6 Å². The predicted octanol–water partition coefficient (Wildman–Crippen LogP) is 4.58. The molecule has 1 N–H and O–H groups in total. The van der Waals surface area contributed by atoms with Crippen molar-refractivity contribution in [3.63, 3.8) is 0 Å². The molecule has 2 aromatic carbocycles. The van der Waals surface area contributed by atoms with Crippen LogP contribution in [0.5, 0.6) is 0 Å². The second kappa shape index (κ2) is 6.17. The van der Waals surface area contributed by atoms with Crippen LogP contribution in [0.15, 0.2) is 35.2 Å². The third-order valence-corrected chi connectivity index (χ3v) is 4.54. The van der Waals surface area contributed by atoms with E-state index >= 15 is 0 Å². The second-order valence-electron chi connectivity index (χ2n) is 4.47. The van der Waals surface area contributed by atoms with E-state index in [1.54, 1.807) is 4.72 Å². The largest absolute Gasteiger partial charge is 0.417 e. The van der Waals surface area contributed by atoms with Gasteiger partial charge in [0.2, 0.25) is 0 Å². The molecule has 0 saturated carbocycles. The van der Waals surface area contributed by atoms with Crippen molar-refractivity contribution in [2.24, 2.45) is 0 Å². The van der Waals surface area contributed by atoms with Gasteiger partial charge in [-0.2, -0.15) is 13.2 Å². The highest BCUT2D eigenvalue weighted by atomic mass is 35.5. The van der Waals surface area contributed by atoms with Gasteiger partial charge in [-0.3, -0.25) is 4.72 Å². The summed E-state index contributed by atoms with van der Waals surface area (Å²) in [6, 6.07) is 2.88. The van der Waals surface area contributed by atoms with Crippen molar-refractivity contribution in [2.75, 3.05) is 4.72 Å². The molecule has 0 atom stereocenters. The summed E-state index contributed by atoms with van der Waals surface area (Å²) in [5.74, 6) is -5.63. The Kier molecular flexibility index (Phi) is 4.73. The van der Waals surface area contributed by atoms with E-state index in [0.717, 1.165) is 12.1 Å². The average molecular weight is 390 g/mol. The molecular weight excluding hydrogens is 384 g/mol. The van der Waals surface area contributed by atoms with Crippen molar-refractivity contribution in [1.82, 2.24) is 0 Å². The maximum absolute atomic E-state index is 13.6. The van der Waals surface area contributed by atoms with Gasteiger partial charge in [0, 0.05) is 5.69 Å². The first-order valence-corrected chi connectivity index (χ1v) is 7.82. The van der Waals surface area contributed by atoms with E-state index in [0.29, 0.717) is 18.2 Å². The molecule has 0 radical (unpaired) electrons. The van der Waals surface area contributed by atoms with Gasteiger partial charge in [-0.05, 0) is 30.3 Å². The zero-order valence-electron chi connectivity index (χ0n) is 11.3. The third-order valence-electron chi connectivity index (χ3n) is 2.81. The van der Waals surface area contributed by atoms with Crippen LogP contribution < -0.4 is 4.72 Å². The van der Waals surface area contributed by atoms with Crippen LogP contribution in [0.3, 0.4) is 0 Å². The normalized spacial score (nSPS) is 12.3. The molecule has 130 valence electrons. The Balaban J connectivity index is 2.46. The first-order chi connectivity index (χ1) is 10.9. The minimum absolute atomic E-state index is 0.371. The van der Waals surface area contributed by atoms with Crippen molar-refractivity contribution in [2.45, 2.75) is 11.1 Å². The molecule has 0 aliphatic carbocycles. The molecule has 11 heteroatoms. The Bertz CT molecular complexity index is 898. The molecule has 24 heavy (non-hydrogen) atoms. The van der Waals surface area contributed by atoms with Gasteiger partial charge in [0.1, 0.15) is 4.90 Å². The Morgan fingerprint density at radius 1 is 0.958 bits per heavy atom. The fraction of sp³-hybridized carbons (Fsp3) is 0.0769. The maximum Gasteiger partial charge on any atom is 0.417 e. The highest BCUT2D eigenvalue weighted by Crippen LogP contribution is 2.36. The molecule has 0 bridgehead atoms. The number of anilines is 1. The van der Waals surface area contributed by atoms with E-state index in [-0.39, 0.29) is 0 Å². The van der Waals surface area contributed by atoms with Crippen LogP contribution in [-0.2, 0) is 16.2 Å². The molecule has 2 aromatic rings. The summed E-state index contributed by atoms with van der Waals surface area (Å²) in [5, 5.41) is -0.676. The summed E-state index contributed by atoms with van der Waals surface area (Å²) in [7, 11) is -4.80. The molecule has 0 spiro atoms. The van der Waals surface area contributed by atoms with Crippen LogP contribution >= 0.6 is 11.6 Å². The molecule has 0 amide bonds.